The van der Waals surface area contributed by atoms with Crippen molar-refractivity contribution in [3.8, 4) is 5.75 Å². The Labute approximate surface area is 126 Å². The molecular formula is C16H25N3O2. The van der Waals surface area contributed by atoms with E-state index in [2.05, 4.69) is 10.2 Å². The van der Waals surface area contributed by atoms with E-state index in [0.29, 0.717) is 19.6 Å². The molecule has 0 saturated carbocycles. The summed E-state index contributed by atoms with van der Waals surface area (Å²) < 4.78 is 5.76. The fourth-order valence-corrected chi connectivity index (χ4v) is 2.65. The number of amides is 1. The van der Waals surface area contributed by atoms with Crippen molar-refractivity contribution in [2.75, 3.05) is 24.6 Å². The lowest BCUT2D eigenvalue weighted by Crippen LogP contribution is -2.45. The SMILES string of the molecule is CC(C)NC(=O)CC(CN)N1CCCOc2ccccc21. The number of hydrogen-bond acceptors (Lipinski definition) is 4. The van der Waals surface area contributed by atoms with Crippen LogP contribution in [0.4, 0.5) is 5.69 Å². The van der Waals surface area contributed by atoms with E-state index >= 15 is 0 Å². The normalized spacial score (nSPS) is 15.9. The summed E-state index contributed by atoms with van der Waals surface area (Å²) in [4.78, 5) is 14.2. The number of hydrogen-bond donors (Lipinski definition) is 2. The molecule has 1 heterocycles. The van der Waals surface area contributed by atoms with Gasteiger partial charge in [-0.15, -0.1) is 0 Å². The molecule has 0 saturated heterocycles. The zero-order valence-electron chi connectivity index (χ0n) is 12.8. The van der Waals surface area contributed by atoms with Gasteiger partial charge in [-0.1, -0.05) is 12.1 Å². The Morgan fingerprint density at radius 3 is 2.90 bits per heavy atom. The van der Waals surface area contributed by atoms with Crippen LogP contribution in [-0.2, 0) is 4.79 Å². The Hall–Kier alpha value is -1.75. The quantitative estimate of drug-likeness (QED) is 0.863. The summed E-state index contributed by atoms with van der Waals surface area (Å²) >= 11 is 0. The van der Waals surface area contributed by atoms with Crippen LogP contribution in [0.25, 0.3) is 0 Å². The molecule has 2 rings (SSSR count). The number of ether oxygens (including phenoxy) is 1. The van der Waals surface area contributed by atoms with Crippen LogP contribution in [-0.4, -0.2) is 37.7 Å². The first-order valence-corrected chi connectivity index (χ1v) is 7.59. The summed E-state index contributed by atoms with van der Waals surface area (Å²) in [5.41, 5.74) is 6.96. The third kappa shape index (κ3) is 4.11. The Morgan fingerprint density at radius 1 is 1.43 bits per heavy atom. The number of carbonyl (C=O) groups is 1. The van der Waals surface area contributed by atoms with Gasteiger partial charge in [0.15, 0.2) is 0 Å². The van der Waals surface area contributed by atoms with Crippen molar-refractivity contribution in [2.24, 2.45) is 5.73 Å². The van der Waals surface area contributed by atoms with E-state index in [9.17, 15) is 4.79 Å². The molecule has 1 aromatic rings. The molecule has 1 aromatic carbocycles. The van der Waals surface area contributed by atoms with E-state index in [1.807, 2.05) is 38.1 Å². The molecule has 1 aliphatic rings. The fourth-order valence-electron chi connectivity index (χ4n) is 2.65. The van der Waals surface area contributed by atoms with E-state index in [1.165, 1.54) is 0 Å². The van der Waals surface area contributed by atoms with Crippen molar-refractivity contribution in [1.82, 2.24) is 5.32 Å². The first-order valence-electron chi connectivity index (χ1n) is 7.59. The van der Waals surface area contributed by atoms with Gasteiger partial charge in [0.2, 0.25) is 5.91 Å². The molecule has 0 radical (unpaired) electrons. The molecule has 1 amide bonds. The summed E-state index contributed by atoms with van der Waals surface area (Å²) in [5, 5.41) is 2.93. The molecule has 0 spiro atoms. The lowest BCUT2D eigenvalue weighted by Gasteiger charge is -2.32. The Balaban J connectivity index is 2.15. The average molecular weight is 291 g/mol. The van der Waals surface area contributed by atoms with Crippen LogP contribution >= 0.6 is 0 Å². The minimum Gasteiger partial charge on any atom is -0.491 e. The van der Waals surface area contributed by atoms with Crippen molar-refractivity contribution in [2.45, 2.75) is 38.8 Å². The van der Waals surface area contributed by atoms with Crippen molar-refractivity contribution >= 4 is 11.6 Å². The molecule has 5 heteroatoms. The molecule has 1 atom stereocenters. The molecule has 0 fully saturated rings. The molecule has 0 aliphatic carbocycles. The molecule has 21 heavy (non-hydrogen) atoms. The van der Waals surface area contributed by atoms with Crippen molar-refractivity contribution in [1.29, 1.82) is 0 Å². The summed E-state index contributed by atoms with van der Waals surface area (Å²) in [6, 6.07) is 8.09. The minimum atomic E-state index is -0.00778. The number of benzene rings is 1. The molecule has 1 aliphatic heterocycles. The van der Waals surface area contributed by atoms with Crippen molar-refractivity contribution in [3.63, 3.8) is 0 Å². The highest BCUT2D eigenvalue weighted by molar-refractivity contribution is 5.77. The number of nitrogens with one attached hydrogen (secondary N) is 1. The molecule has 5 nitrogen and oxygen atoms in total. The highest BCUT2D eigenvalue weighted by atomic mass is 16.5. The second-order valence-corrected chi connectivity index (χ2v) is 5.68. The third-order valence-corrected chi connectivity index (χ3v) is 3.56. The summed E-state index contributed by atoms with van der Waals surface area (Å²) in [5.74, 6) is 0.917. The summed E-state index contributed by atoms with van der Waals surface area (Å²) in [6.07, 6.45) is 1.33. The Morgan fingerprint density at radius 2 is 2.19 bits per heavy atom. The van der Waals surface area contributed by atoms with Gasteiger partial charge >= 0.3 is 0 Å². The van der Waals surface area contributed by atoms with Gasteiger partial charge in [-0.05, 0) is 32.4 Å². The van der Waals surface area contributed by atoms with Crippen LogP contribution in [0, 0.1) is 0 Å². The summed E-state index contributed by atoms with van der Waals surface area (Å²) in [7, 11) is 0. The zero-order valence-corrected chi connectivity index (χ0v) is 12.8. The first kappa shape index (κ1) is 15.6. The fraction of sp³-hybridized carbons (Fsp3) is 0.562. The van der Waals surface area contributed by atoms with Gasteiger partial charge in [-0.25, -0.2) is 0 Å². The number of carbonyl (C=O) groups excluding carboxylic acids is 1. The Kier molecular flexibility index (Phi) is 5.44. The standard InChI is InChI=1S/C16H25N3O2/c1-12(2)18-16(20)10-13(11-17)19-8-5-9-21-15-7-4-3-6-14(15)19/h3-4,6-7,12-13H,5,8-11,17H2,1-2H3,(H,18,20). The van der Waals surface area contributed by atoms with Gasteiger partial charge < -0.3 is 20.7 Å². The van der Waals surface area contributed by atoms with E-state index in [0.717, 1.165) is 24.4 Å². The lowest BCUT2D eigenvalue weighted by atomic mass is 10.1. The van der Waals surface area contributed by atoms with E-state index < -0.39 is 0 Å². The highest BCUT2D eigenvalue weighted by Gasteiger charge is 2.24. The number of fused-ring (bicyclic) bond motifs is 1. The molecule has 0 bridgehead atoms. The van der Waals surface area contributed by atoms with Gasteiger partial charge in [0.05, 0.1) is 18.3 Å². The molecular weight excluding hydrogens is 266 g/mol. The Bertz CT molecular complexity index is 476. The number of nitrogens with zero attached hydrogens (tertiary/aromatic N) is 1. The van der Waals surface area contributed by atoms with Crippen molar-refractivity contribution in [3.05, 3.63) is 24.3 Å². The van der Waals surface area contributed by atoms with Crippen LogP contribution in [0.1, 0.15) is 26.7 Å². The molecule has 3 N–H and O–H groups in total. The topological polar surface area (TPSA) is 67.6 Å². The third-order valence-electron chi connectivity index (χ3n) is 3.56. The number of nitrogens with two attached hydrogens (primary N) is 1. The highest BCUT2D eigenvalue weighted by Crippen LogP contribution is 2.32. The number of anilines is 1. The van der Waals surface area contributed by atoms with E-state index in [1.54, 1.807) is 0 Å². The predicted octanol–water partition coefficient (Wildman–Crippen LogP) is 1.52. The molecule has 1 unspecified atom stereocenters. The van der Waals surface area contributed by atoms with E-state index in [-0.39, 0.29) is 18.0 Å². The maximum Gasteiger partial charge on any atom is 0.222 e. The van der Waals surface area contributed by atoms with E-state index in [4.69, 9.17) is 10.5 Å². The minimum absolute atomic E-state index is 0.00778. The maximum absolute atomic E-state index is 12.0. The lowest BCUT2D eigenvalue weighted by molar-refractivity contribution is -0.121. The average Bonchev–Trinajstić information content (AvgIpc) is 2.66. The van der Waals surface area contributed by atoms with Crippen LogP contribution in [0.2, 0.25) is 0 Å². The van der Waals surface area contributed by atoms with Gasteiger partial charge in [0, 0.05) is 25.6 Å². The zero-order chi connectivity index (χ0) is 15.2. The second kappa shape index (κ2) is 7.31. The van der Waals surface area contributed by atoms with Gasteiger partial charge in [-0.3, -0.25) is 4.79 Å². The van der Waals surface area contributed by atoms with Gasteiger partial charge in [-0.2, -0.15) is 0 Å². The van der Waals surface area contributed by atoms with Crippen LogP contribution < -0.4 is 20.7 Å². The summed E-state index contributed by atoms with van der Waals surface area (Å²) in [6.45, 7) is 5.92. The molecule has 0 aromatic heterocycles. The van der Waals surface area contributed by atoms with Crippen molar-refractivity contribution < 1.29 is 9.53 Å². The largest absolute Gasteiger partial charge is 0.491 e. The first-order chi connectivity index (χ1) is 10.1. The smallest absolute Gasteiger partial charge is 0.222 e. The van der Waals surface area contributed by atoms with Crippen LogP contribution in [0.15, 0.2) is 24.3 Å². The second-order valence-electron chi connectivity index (χ2n) is 5.68. The number of rotatable bonds is 5. The van der Waals surface area contributed by atoms with Gasteiger partial charge in [0.1, 0.15) is 5.75 Å². The van der Waals surface area contributed by atoms with Crippen LogP contribution in [0.3, 0.4) is 0 Å². The number of para-hydroxylation sites is 2. The predicted molar refractivity (Wildman–Crippen MR) is 84.6 cm³/mol. The van der Waals surface area contributed by atoms with Crippen LogP contribution in [0.5, 0.6) is 5.75 Å². The van der Waals surface area contributed by atoms with Gasteiger partial charge in [0.25, 0.3) is 0 Å². The maximum atomic E-state index is 12.0. The monoisotopic (exact) mass is 291 g/mol. The molecule has 116 valence electrons.